The first-order chi connectivity index (χ1) is 9.39. The molecule has 0 saturated heterocycles. The largest absolute Gasteiger partial charge is 0.387 e. The van der Waals surface area contributed by atoms with Crippen molar-refractivity contribution in [3.63, 3.8) is 0 Å². The van der Waals surface area contributed by atoms with E-state index >= 15 is 0 Å². The molecule has 2 heteroatoms. The van der Waals surface area contributed by atoms with Gasteiger partial charge in [0.25, 0.3) is 0 Å². The van der Waals surface area contributed by atoms with Gasteiger partial charge < -0.3 is 5.11 Å². The quantitative estimate of drug-likeness (QED) is 0.868. The Kier molecular flexibility index (Phi) is 4.20. The second kappa shape index (κ2) is 5.58. The Hall–Kier alpha value is -1.33. The van der Waals surface area contributed by atoms with Gasteiger partial charge in [-0.1, -0.05) is 19.1 Å². The molecule has 1 aromatic carbocycles. The predicted octanol–water partition coefficient (Wildman–Crippen LogP) is 4.37. The van der Waals surface area contributed by atoms with E-state index in [1.54, 1.807) is 0 Å². The molecule has 0 aliphatic heterocycles. The molecule has 0 amide bonds. The van der Waals surface area contributed by atoms with E-state index in [2.05, 4.69) is 39.0 Å². The number of rotatable bonds is 2. The zero-order valence-electron chi connectivity index (χ0n) is 13.0. The summed E-state index contributed by atoms with van der Waals surface area (Å²) in [4.78, 5) is 0. The summed E-state index contributed by atoms with van der Waals surface area (Å²) in [6, 6.07) is 6.62. The van der Waals surface area contributed by atoms with E-state index in [-0.39, 0.29) is 0 Å². The molecule has 1 atom stereocenters. The number of nitrogens with zero attached hydrogens (tertiary/aromatic N) is 1. The summed E-state index contributed by atoms with van der Waals surface area (Å²) >= 11 is 0. The molecular formula is C18H25NO. The monoisotopic (exact) mass is 271 g/mol. The smallest absolute Gasteiger partial charge is 0.0978 e. The molecule has 0 radical (unpaired) electrons. The van der Waals surface area contributed by atoms with E-state index in [1.165, 1.54) is 11.1 Å². The van der Waals surface area contributed by atoms with Gasteiger partial charge in [-0.15, -0.1) is 0 Å². The average Bonchev–Trinajstić information content (AvgIpc) is 2.43. The second-order valence-corrected chi connectivity index (χ2v) is 6.65. The lowest BCUT2D eigenvalue weighted by Gasteiger charge is -2.38. The molecular weight excluding hydrogens is 246 g/mol. The third kappa shape index (κ3) is 2.60. The maximum absolute atomic E-state index is 10.9. The summed E-state index contributed by atoms with van der Waals surface area (Å²) in [5.74, 6) is 0.671. The SMILES string of the molecule is Cc1cc(C)c(C(O)C2(C#N)CCC(C)CC2)cc1C. The highest BCUT2D eigenvalue weighted by Crippen LogP contribution is 2.47. The fourth-order valence-corrected chi connectivity index (χ4v) is 3.30. The highest BCUT2D eigenvalue weighted by atomic mass is 16.3. The van der Waals surface area contributed by atoms with Crippen LogP contribution in [0.15, 0.2) is 12.1 Å². The number of hydrogen-bond acceptors (Lipinski definition) is 2. The van der Waals surface area contributed by atoms with Crippen LogP contribution in [0.25, 0.3) is 0 Å². The zero-order valence-corrected chi connectivity index (χ0v) is 13.0. The number of benzene rings is 1. The van der Waals surface area contributed by atoms with Crippen molar-refractivity contribution >= 4 is 0 Å². The lowest BCUT2D eigenvalue weighted by Crippen LogP contribution is -2.32. The molecule has 0 heterocycles. The average molecular weight is 271 g/mol. The van der Waals surface area contributed by atoms with Gasteiger partial charge in [-0.3, -0.25) is 0 Å². The number of hydrogen-bond donors (Lipinski definition) is 1. The van der Waals surface area contributed by atoms with Crippen molar-refractivity contribution in [2.45, 2.75) is 59.5 Å². The molecule has 1 aliphatic rings. The van der Waals surface area contributed by atoms with Gasteiger partial charge in [0.2, 0.25) is 0 Å². The van der Waals surface area contributed by atoms with E-state index in [0.717, 1.165) is 36.8 Å². The van der Waals surface area contributed by atoms with E-state index in [1.807, 2.05) is 6.92 Å². The highest BCUT2D eigenvalue weighted by Gasteiger charge is 2.42. The molecule has 0 bridgehead atoms. The molecule has 1 unspecified atom stereocenters. The Labute approximate surface area is 122 Å². The van der Waals surface area contributed by atoms with E-state index in [0.29, 0.717) is 5.92 Å². The zero-order chi connectivity index (χ0) is 14.9. The Bertz CT molecular complexity index is 533. The third-order valence-corrected chi connectivity index (χ3v) is 5.09. The fourth-order valence-electron chi connectivity index (χ4n) is 3.30. The van der Waals surface area contributed by atoms with Crippen LogP contribution in [0.5, 0.6) is 0 Å². The molecule has 0 spiro atoms. The van der Waals surface area contributed by atoms with Crippen molar-refractivity contribution in [3.8, 4) is 6.07 Å². The lowest BCUT2D eigenvalue weighted by molar-refractivity contribution is 0.0262. The summed E-state index contributed by atoms with van der Waals surface area (Å²) in [5, 5.41) is 20.5. The molecule has 0 aromatic heterocycles. The van der Waals surface area contributed by atoms with Crippen LogP contribution >= 0.6 is 0 Å². The van der Waals surface area contributed by atoms with E-state index in [9.17, 15) is 10.4 Å². The first-order valence-electron chi connectivity index (χ1n) is 7.56. The number of aliphatic hydroxyl groups is 1. The normalized spacial score (nSPS) is 27.9. The fraction of sp³-hybridized carbons (Fsp3) is 0.611. The van der Waals surface area contributed by atoms with Crippen LogP contribution in [0.2, 0.25) is 0 Å². The van der Waals surface area contributed by atoms with Gasteiger partial charge in [0.15, 0.2) is 0 Å². The first kappa shape index (κ1) is 15.1. The van der Waals surface area contributed by atoms with Crippen molar-refractivity contribution in [2.24, 2.45) is 11.3 Å². The van der Waals surface area contributed by atoms with Gasteiger partial charge in [-0.2, -0.15) is 5.26 Å². The molecule has 2 nitrogen and oxygen atoms in total. The van der Waals surface area contributed by atoms with Crippen molar-refractivity contribution in [3.05, 3.63) is 34.4 Å². The molecule has 2 rings (SSSR count). The minimum absolute atomic E-state index is 0.598. The first-order valence-corrected chi connectivity index (χ1v) is 7.56. The standard InChI is InChI=1S/C18H25NO/c1-12-5-7-18(11-19,8-6-12)17(20)16-10-14(3)13(2)9-15(16)4/h9-10,12,17,20H,5-8H2,1-4H3. The minimum Gasteiger partial charge on any atom is -0.387 e. The van der Waals surface area contributed by atoms with Gasteiger partial charge in [-0.05, 0) is 74.6 Å². The maximum Gasteiger partial charge on any atom is 0.0978 e. The van der Waals surface area contributed by atoms with Gasteiger partial charge in [0, 0.05) is 0 Å². The number of aryl methyl sites for hydroxylation is 3. The Balaban J connectivity index is 2.37. The van der Waals surface area contributed by atoms with Crippen molar-refractivity contribution < 1.29 is 5.11 Å². The van der Waals surface area contributed by atoms with Crippen LogP contribution in [0.3, 0.4) is 0 Å². The van der Waals surface area contributed by atoms with Gasteiger partial charge in [-0.25, -0.2) is 0 Å². The molecule has 20 heavy (non-hydrogen) atoms. The molecule has 108 valence electrons. The molecule has 1 saturated carbocycles. The Morgan fingerprint density at radius 3 is 2.25 bits per heavy atom. The maximum atomic E-state index is 10.9. The van der Waals surface area contributed by atoms with Crippen LogP contribution in [-0.4, -0.2) is 5.11 Å². The highest BCUT2D eigenvalue weighted by molar-refractivity contribution is 5.39. The van der Waals surface area contributed by atoms with Crippen LogP contribution in [0.1, 0.15) is 61.0 Å². The van der Waals surface area contributed by atoms with E-state index < -0.39 is 11.5 Å². The molecule has 1 fully saturated rings. The van der Waals surface area contributed by atoms with Gasteiger partial charge in [0.1, 0.15) is 0 Å². The topological polar surface area (TPSA) is 44.0 Å². The van der Waals surface area contributed by atoms with Crippen molar-refractivity contribution in [2.75, 3.05) is 0 Å². The summed E-state index contributed by atoms with van der Waals surface area (Å²) in [7, 11) is 0. The van der Waals surface area contributed by atoms with Crippen LogP contribution in [0, 0.1) is 43.4 Å². The summed E-state index contributed by atoms with van der Waals surface area (Å²) < 4.78 is 0. The molecule has 1 aromatic rings. The molecule has 1 N–H and O–H groups in total. The van der Waals surface area contributed by atoms with Crippen LogP contribution < -0.4 is 0 Å². The van der Waals surface area contributed by atoms with E-state index in [4.69, 9.17) is 0 Å². The number of aliphatic hydroxyl groups excluding tert-OH is 1. The Morgan fingerprint density at radius 1 is 1.15 bits per heavy atom. The van der Waals surface area contributed by atoms with Crippen molar-refractivity contribution in [1.29, 1.82) is 5.26 Å². The van der Waals surface area contributed by atoms with Crippen LogP contribution in [0.4, 0.5) is 0 Å². The van der Waals surface area contributed by atoms with Gasteiger partial charge >= 0.3 is 0 Å². The minimum atomic E-state index is -0.667. The Morgan fingerprint density at radius 2 is 1.70 bits per heavy atom. The summed E-state index contributed by atoms with van der Waals surface area (Å²) in [5.41, 5.74) is 3.85. The molecule has 1 aliphatic carbocycles. The summed E-state index contributed by atoms with van der Waals surface area (Å²) in [6.45, 7) is 8.41. The lowest BCUT2D eigenvalue weighted by atomic mass is 9.66. The third-order valence-electron chi connectivity index (χ3n) is 5.09. The second-order valence-electron chi connectivity index (χ2n) is 6.65. The number of nitriles is 1. The van der Waals surface area contributed by atoms with Gasteiger partial charge in [0.05, 0.1) is 17.6 Å². The predicted molar refractivity (Wildman–Crippen MR) is 81.3 cm³/mol. The summed E-state index contributed by atoms with van der Waals surface area (Å²) in [6.07, 6.45) is 3.01. The van der Waals surface area contributed by atoms with Crippen molar-refractivity contribution in [1.82, 2.24) is 0 Å². The van der Waals surface area contributed by atoms with Crippen LogP contribution in [-0.2, 0) is 0 Å².